The monoisotopic (exact) mass is 847 g/mol. The maximum absolute atomic E-state index is 2.97. The molecule has 3 nitrogen and oxygen atoms in total. The number of aryl methyl sites for hydroxylation is 1. The molecule has 0 radical (unpaired) electrons. The first kappa shape index (κ1) is 37.9. The molecular formula is C60H46BN3Si. The van der Waals surface area contributed by atoms with Gasteiger partial charge in [0.05, 0.1) is 0 Å². The van der Waals surface area contributed by atoms with Crippen LogP contribution in [0.15, 0.2) is 230 Å². The molecular weight excluding hydrogens is 802 g/mol. The van der Waals surface area contributed by atoms with E-state index in [0.29, 0.717) is 0 Å². The first-order chi connectivity index (χ1) is 31.9. The van der Waals surface area contributed by atoms with Crippen LogP contribution in [0.4, 0.5) is 45.5 Å². The number of fused-ring (bicyclic) bond motifs is 11. The van der Waals surface area contributed by atoms with E-state index < -0.39 is 8.07 Å². The molecule has 0 aromatic heterocycles. The van der Waals surface area contributed by atoms with E-state index in [2.05, 4.69) is 260 Å². The van der Waals surface area contributed by atoms with Crippen molar-refractivity contribution in [2.75, 3.05) is 14.7 Å². The average Bonchev–Trinajstić information content (AvgIpc) is 3.58. The minimum absolute atomic E-state index is 0.0185. The quantitative estimate of drug-likeness (QED) is 0.163. The molecule has 65 heavy (non-hydrogen) atoms. The molecule has 0 saturated carbocycles. The number of hydrogen-bond donors (Lipinski definition) is 0. The Morgan fingerprint density at radius 2 is 0.877 bits per heavy atom. The highest BCUT2D eigenvalue weighted by Crippen LogP contribution is 2.56. The molecule has 0 amide bonds. The lowest BCUT2D eigenvalue weighted by atomic mass is 9.30. The van der Waals surface area contributed by atoms with E-state index in [0.717, 1.165) is 17.1 Å². The standard InChI is InChI=1S/C60H46BN3Si/c1-41-36-55-57-56(37-41)64(43-22-10-5-11-23-43)58-51-32-16-17-33-52(51)60(2,3)59(58)61(57)53-35-34-46-40-54(53)63(55)45-25-19-31-50(39-45)65(47-26-12-6-13-27-47,48-28-14-7-15-29-48)49-30-18-24-44(38-49)62(46)42-20-8-4-9-21-42/h4-40H,1-3H3. The van der Waals surface area contributed by atoms with E-state index in [1.54, 1.807) is 0 Å². The van der Waals surface area contributed by atoms with Crippen molar-refractivity contribution >= 4 is 97.7 Å². The van der Waals surface area contributed by atoms with Gasteiger partial charge in [0, 0.05) is 62.2 Å². The molecule has 0 unspecified atom stereocenters. The summed E-state index contributed by atoms with van der Waals surface area (Å²) in [6.45, 7) is 7.20. The number of anilines is 8. The Kier molecular flexibility index (Phi) is 8.28. The van der Waals surface area contributed by atoms with Crippen molar-refractivity contribution in [1.82, 2.24) is 0 Å². The van der Waals surface area contributed by atoms with E-state index in [1.165, 1.54) is 88.0 Å². The van der Waals surface area contributed by atoms with E-state index in [-0.39, 0.29) is 12.1 Å². The summed E-state index contributed by atoms with van der Waals surface area (Å²) < 4.78 is 0. The molecule has 4 aliphatic rings. The third-order valence-corrected chi connectivity index (χ3v) is 19.4. The van der Waals surface area contributed by atoms with Gasteiger partial charge < -0.3 is 14.7 Å². The van der Waals surface area contributed by atoms with Crippen molar-refractivity contribution in [3.63, 3.8) is 0 Å². The van der Waals surface area contributed by atoms with Crippen LogP contribution < -0.4 is 46.4 Å². The predicted octanol–water partition coefficient (Wildman–Crippen LogP) is 10.9. The summed E-state index contributed by atoms with van der Waals surface area (Å²) in [7, 11) is -2.97. The van der Waals surface area contributed by atoms with Crippen LogP contribution in [0.3, 0.4) is 0 Å². The van der Waals surface area contributed by atoms with Gasteiger partial charge in [-0.25, -0.2) is 0 Å². The highest BCUT2D eigenvalue weighted by Gasteiger charge is 2.53. The van der Waals surface area contributed by atoms with E-state index >= 15 is 0 Å². The Morgan fingerprint density at radius 3 is 1.49 bits per heavy atom. The third kappa shape index (κ3) is 5.36. The fraction of sp³-hybridized carbons (Fsp3) is 0.0667. The van der Waals surface area contributed by atoms with Crippen molar-refractivity contribution in [2.24, 2.45) is 0 Å². The maximum atomic E-state index is 2.61. The van der Waals surface area contributed by atoms with Gasteiger partial charge in [-0.3, -0.25) is 0 Å². The van der Waals surface area contributed by atoms with Gasteiger partial charge in [-0.2, -0.15) is 0 Å². The van der Waals surface area contributed by atoms with Crippen molar-refractivity contribution in [1.29, 1.82) is 0 Å². The number of benzene rings is 9. The second-order valence-corrected chi connectivity index (χ2v) is 22.4. The molecule has 3 aliphatic heterocycles. The Labute approximate surface area is 383 Å². The Morgan fingerprint density at radius 1 is 0.400 bits per heavy atom. The number of allylic oxidation sites excluding steroid dienone is 1. The average molecular weight is 848 g/mol. The molecule has 0 saturated heterocycles. The van der Waals surface area contributed by atoms with Gasteiger partial charge >= 0.3 is 0 Å². The molecule has 308 valence electrons. The summed E-state index contributed by atoms with van der Waals surface area (Å²) in [5, 5.41) is 5.41. The van der Waals surface area contributed by atoms with E-state index in [4.69, 9.17) is 0 Å². The van der Waals surface area contributed by atoms with Gasteiger partial charge in [-0.05, 0) is 123 Å². The zero-order valence-corrected chi connectivity index (χ0v) is 37.8. The zero-order chi connectivity index (χ0) is 43.4. The number of nitrogens with zero attached hydrogens (tertiary/aromatic N) is 3. The third-order valence-electron chi connectivity index (χ3n) is 14.7. The molecule has 6 bridgehead atoms. The molecule has 3 heterocycles. The van der Waals surface area contributed by atoms with Crippen LogP contribution in [-0.4, -0.2) is 14.8 Å². The summed E-state index contributed by atoms with van der Waals surface area (Å²) in [5.74, 6) is 0. The molecule has 0 atom stereocenters. The fourth-order valence-electron chi connectivity index (χ4n) is 12.1. The Bertz CT molecular complexity index is 3350. The van der Waals surface area contributed by atoms with Gasteiger partial charge in [0.25, 0.3) is 0 Å². The lowest BCUT2D eigenvalue weighted by molar-refractivity contribution is 0.666. The summed E-state index contributed by atoms with van der Waals surface area (Å²) in [4.78, 5) is 7.68. The topological polar surface area (TPSA) is 9.72 Å². The van der Waals surface area contributed by atoms with Crippen LogP contribution in [-0.2, 0) is 5.41 Å². The maximum Gasteiger partial charge on any atom is 0.248 e. The van der Waals surface area contributed by atoms with E-state index in [1.807, 2.05) is 0 Å². The van der Waals surface area contributed by atoms with Crippen molar-refractivity contribution in [3.05, 3.63) is 247 Å². The molecule has 0 fully saturated rings. The van der Waals surface area contributed by atoms with Crippen LogP contribution in [0, 0.1) is 6.92 Å². The molecule has 9 aromatic rings. The molecule has 13 rings (SSSR count). The lowest BCUT2D eigenvalue weighted by Crippen LogP contribution is -2.74. The molecule has 5 heteroatoms. The van der Waals surface area contributed by atoms with E-state index in [9.17, 15) is 0 Å². The lowest BCUT2D eigenvalue weighted by Gasteiger charge is -2.46. The molecule has 0 spiro atoms. The highest BCUT2D eigenvalue weighted by atomic mass is 28.3. The second-order valence-electron chi connectivity index (χ2n) is 18.6. The van der Waals surface area contributed by atoms with Crippen LogP contribution in [0.5, 0.6) is 0 Å². The highest BCUT2D eigenvalue weighted by molar-refractivity contribution is 7.20. The van der Waals surface area contributed by atoms with Gasteiger partial charge in [0.15, 0.2) is 8.07 Å². The summed E-state index contributed by atoms with van der Waals surface area (Å²) in [6.07, 6.45) is 0. The summed E-state index contributed by atoms with van der Waals surface area (Å²) >= 11 is 0. The normalized spacial score (nSPS) is 15.7. The first-order valence-electron chi connectivity index (χ1n) is 22.9. The van der Waals surface area contributed by atoms with Crippen molar-refractivity contribution < 1.29 is 0 Å². The van der Waals surface area contributed by atoms with Gasteiger partial charge in [-0.15, -0.1) is 0 Å². The number of para-hydroxylation sites is 2. The molecule has 0 N–H and O–H groups in total. The first-order valence-corrected chi connectivity index (χ1v) is 24.9. The van der Waals surface area contributed by atoms with Crippen LogP contribution in [0.25, 0.3) is 5.70 Å². The van der Waals surface area contributed by atoms with Crippen LogP contribution >= 0.6 is 0 Å². The Hall–Kier alpha value is -7.60. The fourth-order valence-corrected chi connectivity index (χ4v) is 16.9. The zero-order valence-electron chi connectivity index (χ0n) is 36.8. The summed E-state index contributed by atoms with van der Waals surface area (Å²) in [6, 6.07) is 85.1. The van der Waals surface area contributed by atoms with Crippen LogP contribution in [0.1, 0.15) is 30.5 Å². The number of hydrogen-bond acceptors (Lipinski definition) is 3. The predicted molar refractivity (Wildman–Crippen MR) is 278 cm³/mol. The van der Waals surface area contributed by atoms with Crippen molar-refractivity contribution in [3.8, 4) is 0 Å². The summed E-state index contributed by atoms with van der Waals surface area (Å²) in [5.41, 5.74) is 18.6. The van der Waals surface area contributed by atoms with Crippen LogP contribution in [0.2, 0.25) is 0 Å². The molecule has 9 aromatic carbocycles. The SMILES string of the molecule is Cc1cc2c3c(c1)N1c4cccc(c4)[Si](c4ccccc4)(c4ccccc4)c4cccc(c4)N(c4ccccc4)c4ccc(c1c4)B3C1=C(c3ccccc3C1(C)C)N2c1ccccc1. The smallest absolute Gasteiger partial charge is 0.248 e. The molecule has 1 aliphatic carbocycles. The van der Waals surface area contributed by atoms with Gasteiger partial charge in [0.2, 0.25) is 6.71 Å². The minimum Gasteiger partial charge on any atom is -0.311 e. The minimum atomic E-state index is -2.97. The Balaban J connectivity index is 1.18. The van der Waals surface area contributed by atoms with Gasteiger partial charge in [-0.1, -0.05) is 171 Å². The number of rotatable bonds is 4. The largest absolute Gasteiger partial charge is 0.311 e. The second kappa shape index (κ2) is 14.2. The van der Waals surface area contributed by atoms with Crippen molar-refractivity contribution in [2.45, 2.75) is 26.2 Å². The van der Waals surface area contributed by atoms with Gasteiger partial charge in [0.1, 0.15) is 0 Å².